The first-order chi connectivity index (χ1) is 15.7. The summed E-state index contributed by atoms with van der Waals surface area (Å²) in [6.45, 7) is 2.54. The van der Waals surface area contributed by atoms with Crippen LogP contribution in [0.2, 0.25) is 0 Å². The van der Waals surface area contributed by atoms with Crippen LogP contribution in [-0.4, -0.2) is 39.3 Å². The summed E-state index contributed by atoms with van der Waals surface area (Å²) in [5.74, 6) is 2.57. The average Bonchev–Trinajstić information content (AvgIpc) is 3.20. The quantitative estimate of drug-likeness (QED) is 0.541. The SMILES string of the molecule is COc1cc(C2=C3CN(C)CC3Cc3ccccc32)cc(OC)c1OCc1ccccc1. The Balaban J connectivity index is 1.59. The fourth-order valence-electron chi connectivity index (χ4n) is 5.06. The zero-order valence-electron chi connectivity index (χ0n) is 18.9. The van der Waals surface area contributed by atoms with Gasteiger partial charge < -0.3 is 19.1 Å². The Bertz CT molecular complexity index is 1130. The number of likely N-dealkylation sites (tertiary alicyclic amines) is 1. The molecule has 0 radical (unpaired) electrons. The van der Waals surface area contributed by atoms with E-state index < -0.39 is 0 Å². The largest absolute Gasteiger partial charge is 0.493 e. The van der Waals surface area contributed by atoms with Crippen molar-refractivity contribution in [2.75, 3.05) is 34.4 Å². The first-order valence-corrected chi connectivity index (χ1v) is 11.1. The molecule has 4 nitrogen and oxygen atoms in total. The average molecular weight is 428 g/mol. The molecule has 0 N–H and O–H groups in total. The van der Waals surface area contributed by atoms with Crippen LogP contribution in [0.5, 0.6) is 17.2 Å². The van der Waals surface area contributed by atoms with Crippen LogP contribution >= 0.6 is 0 Å². The molecule has 1 aliphatic carbocycles. The monoisotopic (exact) mass is 427 g/mol. The van der Waals surface area contributed by atoms with Crippen LogP contribution in [0.15, 0.2) is 72.3 Å². The van der Waals surface area contributed by atoms with Crippen molar-refractivity contribution in [2.45, 2.75) is 13.0 Å². The highest BCUT2D eigenvalue weighted by molar-refractivity contribution is 5.87. The van der Waals surface area contributed by atoms with Crippen LogP contribution in [0, 0.1) is 5.92 Å². The third-order valence-corrected chi connectivity index (χ3v) is 6.51. The van der Waals surface area contributed by atoms with E-state index in [0.29, 0.717) is 29.8 Å². The van der Waals surface area contributed by atoms with Gasteiger partial charge in [-0.05, 0) is 64.9 Å². The molecule has 32 heavy (non-hydrogen) atoms. The number of fused-ring (bicyclic) bond motifs is 2. The molecule has 4 heteroatoms. The van der Waals surface area contributed by atoms with Gasteiger partial charge in [0.1, 0.15) is 6.61 Å². The molecule has 1 aliphatic heterocycles. The number of hydrogen-bond acceptors (Lipinski definition) is 4. The van der Waals surface area contributed by atoms with Gasteiger partial charge in [-0.1, -0.05) is 54.6 Å². The Labute approximate surface area is 190 Å². The number of methoxy groups -OCH3 is 2. The minimum atomic E-state index is 0.455. The summed E-state index contributed by atoms with van der Waals surface area (Å²) in [6, 6.07) is 23.1. The molecule has 164 valence electrons. The first kappa shape index (κ1) is 20.7. The van der Waals surface area contributed by atoms with Crippen LogP contribution in [0.25, 0.3) is 5.57 Å². The van der Waals surface area contributed by atoms with E-state index >= 15 is 0 Å². The molecule has 0 bridgehead atoms. The lowest BCUT2D eigenvalue weighted by atomic mass is 9.77. The van der Waals surface area contributed by atoms with Gasteiger partial charge >= 0.3 is 0 Å². The van der Waals surface area contributed by atoms with Gasteiger partial charge in [0.25, 0.3) is 0 Å². The highest BCUT2D eigenvalue weighted by Gasteiger charge is 2.34. The first-order valence-electron chi connectivity index (χ1n) is 11.1. The third kappa shape index (κ3) is 3.76. The summed E-state index contributed by atoms with van der Waals surface area (Å²) in [5, 5.41) is 0. The molecule has 0 aromatic heterocycles. The van der Waals surface area contributed by atoms with E-state index in [4.69, 9.17) is 14.2 Å². The Morgan fingerprint density at radius 3 is 2.31 bits per heavy atom. The summed E-state index contributed by atoms with van der Waals surface area (Å²) < 4.78 is 17.8. The fraction of sp³-hybridized carbons (Fsp3) is 0.286. The summed E-state index contributed by atoms with van der Waals surface area (Å²) in [5.41, 5.74) is 7.77. The molecular formula is C28H29NO3. The Kier molecular flexibility index (Phi) is 5.62. The van der Waals surface area contributed by atoms with E-state index in [1.807, 2.05) is 18.2 Å². The number of rotatable bonds is 6. The number of nitrogens with zero attached hydrogens (tertiary/aromatic N) is 1. The second-order valence-electron chi connectivity index (χ2n) is 8.64. The maximum atomic E-state index is 6.18. The van der Waals surface area contributed by atoms with E-state index in [9.17, 15) is 0 Å². The molecule has 0 amide bonds. The lowest BCUT2D eigenvalue weighted by Crippen LogP contribution is -2.17. The standard InChI is InChI=1S/C28H29NO3/c1-29-16-22-13-20-11-7-8-12-23(20)27(24(22)17-29)21-14-25(30-2)28(26(15-21)31-3)32-18-19-9-5-4-6-10-19/h4-12,14-15,22H,13,16-18H2,1-3H3. The minimum Gasteiger partial charge on any atom is -0.493 e. The number of hydrogen-bond donors (Lipinski definition) is 0. The van der Waals surface area contributed by atoms with Gasteiger partial charge in [0, 0.05) is 13.1 Å². The van der Waals surface area contributed by atoms with Crippen molar-refractivity contribution in [1.29, 1.82) is 0 Å². The molecule has 1 atom stereocenters. The Hall–Kier alpha value is -3.24. The Morgan fingerprint density at radius 2 is 1.59 bits per heavy atom. The summed E-state index contributed by atoms with van der Waals surface area (Å²) >= 11 is 0. The minimum absolute atomic E-state index is 0.455. The zero-order chi connectivity index (χ0) is 22.1. The summed E-state index contributed by atoms with van der Waals surface area (Å²) in [7, 11) is 5.58. The smallest absolute Gasteiger partial charge is 0.203 e. The van der Waals surface area contributed by atoms with E-state index in [2.05, 4.69) is 60.5 Å². The number of likely N-dealkylation sites (N-methyl/N-ethyl adjacent to an activating group) is 1. The number of benzene rings is 3. The van der Waals surface area contributed by atoms with E-state index in [0.717, 1.165) is 30.6 Å². The van der Waals surface area contributed by atoms with Crippen LogP contribution < -0.4 is 14.2 Å². The maximum Gasteiger partial charge on any atom is 0.203 e. The Morgan fingerprint density at radius 1 is 0.906 bits per heavy atom. The van der Waals surface area contributed by atoms with Crippen molar-refractivity contribution in [1.82, 2.24) is 4.90 Å². The molecule has 5 rings (SSSR count). The lowest BCUT2D eigenvalue weighted by molar-refractivity contribution is 0.266. The molecule has 3 aromatic rings. The second kappa shape index (κ2) is 8.71. The molecular weight excluding hydrogens is 398 g/mol. The van der Waals surface area contributed by atoms with Gasteiger partial charge in [0.2, 0.25) is 5.75 Å². The van der Waals surface area contributed by atoms with Crippen LogP contribution in [0.3, 0.4) is 0 Å². The highest BCUT2D eigenvalue weighted by atomic mass is 16.5. The molecule has 0 spiro atoms. The summed E-state index contributed by atoms with van der Waals surface area (Å²) in [4.78, 5) is 2.41. The zero-order valence-corrected chi connectivity index (χ0v) is 18.9. The molecule has 0 saturated carbocycles. The molecule has 2 aliphatic rings. The normalized spacial score (nSPS) is 17.7. The van der Waals surface area contributed by atoms with Crippen molar-refractivity contribution < 1.29 is 14.2 Å². The van der Waals surface area contributed by atoms with Gasteiger partial charge in [-0.15, -0.1) is 0 Å². The van der Waals surface area contributed by atoms with Gasteiger partial charge in [-0.2, -0.15) is 0 Å². The van der Waals surface area contributed by atoms with E-state index in [-0.39, 0.29) is 0 Å². The third-order valence-electron chi connectivity index (χ3n) is 6.51. The van der Waals surface area contributed by atoms with Crippen molar-refractivity contribution >= 4 is 5.57 Å². The van der Waals surface area contributed by atoms with Gasteiger partial charge in [0.05, 0.1) is 14.2 Å². The molecule has 3 aromatic carbocycles. The second-order valence-corrected chi connectivity index (χ2v) is 8.64. The predicted molar refractivity (Wildman–Crippen MR) is 127 cm³/mol. The van der Waals surface area contributed by atoms with Crippen LogP contribution in [0.4, 0.5) is 0 Å². The van der Waals surface area contributed by atoms with Crippen molar-refractivity contribution in [2.24, 2.45) is 5.92 Å². The van der Waals surface area contributed by atoms with Gasteiger partial charge in [-0.3, -0.25) is 0 Å². The number of ether oxygens (including phenoxy) is 3. The van der Waals surface area contributed by atoms with Crippen molar-refractivity contribution in [3.8, 4) is 17.2 Å². The molecule has 1 heterocycles. The van der Waals surface area contributed by atoms with Crippen LogP contribution in [-0.2, 0) is 13.0 Å². The predicted octanol–water partition coefficient (Wildman–Crippen LogP) is 5.20. The van der Waals surface area contributed by atoms with E-state index in [1.165, 1.54) is 22.3 Å². The van der Waals surface area contributed by atoms with E-state index in [1.54, 1.807) is 14.2 Å². The summed E-state index contributed by atoms with van der Waals surface area (Å²) in [6.07, 6.45) is 1.10. The lowest BCUT2D eigenvalue weighted by Gasteiger charge is -2.27. The molecule has 1 saturated heterocycles. The van der Waals surface area contributed by atoms with Gasteiger partial charge in [-0.25, -0.2) is 0 Å². The van der Waals surface area contributed by atoms with Crippen LogP contribution in [0.1, 0.15) is 22.3 Å². The fourth-order valence-corrected chi connectivity index (χ4v) is 5.06. The topological polar surface area (TPSA) is 30.9 Å². The maximum absolute atomic E-state index is 6.18. The molecule has 1 fully saturated rings. The van der Waals surface area contributed by atoms with Crippen molar-refractivity contribution in [3.05, 3.63) is 94.6 Å². The van der Waals surface area contributed by atoms with Crippen molar-refractivity contribution in [3.63, 3.8) is 0 Å². The molecule has 1 unspecified atom stereocenters. The van der Waals surface area contributed by atoms with Gasteiger partial charge in [0.15, 0.2) is 11.5 Å². The highest BCUT2D eigenvalue weighted by Crippen LogP contribution is 2.46.